The van der Waals surface area contributed by atoms with E-state index < -0.39 is 11.6 Å². The molecule has 0 aliphatic carbocycles. The highest BCUT2D eigenvalue weighted by Gasteiger charge is 2.25. The van der Waals surface area contributed by atoms with Crippen LogP contribution in [0.25, 0.3) is 10.2 Å². The first kappa shape index (κ1) is 16.5. The van der Waals surface area contributed by atoms with Crippen molar-refractivity contribution in [2.45, 2.75) is 47.1 Å². The van der Waals surface area contributed by atoms with Gasteiger partial charge in [-0.1, -0.05) is 0 Å². The molecular formula is C16H22N2O3S. The molecule has 0 fully saturated rings. The van der Waals surface area contributed by atoms with E-state index in [0.717, 1.165) is 27.2 Å². The number of anilines is 1. The molecule has 0 aliphatic heterocycles. The summed E-state index contributed by atoms with van der Waals surface area (Å²) in [5.74, 6) is 0.318. The Morgan fingerprint density at radius 3 is 2.50 bits per heavy atom. The van der Waals surface area contributed by atoms with Gasteiger partial charge in [0.25, 0.3) is 0 Å². The van der Waals surface area contributed by atoms with Gasteiger partial charge in [-0.3, -0.25) is 0 Å². The molecule has 0 unspecified atom stereocenters. The molecule has 0 radical (unpaired) electrons. The van der Waals surface area contributed by atoms with E-state index in [0.29, 0.717) is 17.2 Å². The number of aromatic nitrogens is 1. The number of hydrogen-bond donors (Lipinski definition) is 1. The second kappa shape index (κ2) is 5.76. The fraction of sp³-hybridized carbons (Fsp3) is 0.500. The first-order valence-electron chi connectivity index (χ1n) is 7.21. The summed E-state index contributed by atoms with van der Waals surface area (Å²) in [6.45, 7) is 11.8. The zero-order valence-electron chi connectivity index (χ0n) is 13.9. The maximum absolute atomic E-state index is 12.3. The molecule has 0 saturated heterocycles. The molecule has 2 aromatic heterocycles. The predicted octanol–water partition coefficient (Wildman–Crippen LogP) is 3.85. The molecule has 0 spiro atoms. The summed E-state index contributed by atoms with van der Waals surface area (Å²) in [6.07, 6.45) is 0. The Morgan fingerprint density at radius 1 is 1.32 bits per heavy atom. The number of carbonyl (C=O) groups excluding carboxylic acids is 1. The van der Waals surface area contributed by atoms with Crippen molar-refractivity contribution < 1.29 is 14.3 Å². The highest BCUT2D eigenvalue weighted by molar-refractivity contribution is 7.21. The van der Waals surface area contributed by atoms with Crippen LogP contribution in [0.4, 0.5) is 5.69 Å². The number of hydrogen-bond acceptors (Lipinski definition) is 6. The average Bonchev–Trinajstić information content (AvgIpc) is 2.69. The van der Waals surface area contributed by atoms with Crippen molar-refractivity contribution in [1.29, 1.82) is 0 Å². The number of rotatable bonds is 3. The number of nitrogens with two attached hydrogens (primary N) is 1. The van der Waals surface area contributed by atoms with Gasteiger partial charge in [-0.2, -0.15) is 0 Å². The van der Waals surface area contributed by atoms with Crippen LogP contribution in [-0.4, -0.2) is 23.2 Å². The fourth-order valence-corrected chi connectivity index (χ4v) is 3.37. The van der Waals surface area contributed by atoms with Gasteiger partial charge in [-0.05, 0) is 41.5 Å². The summed E-state index contributed by atoms with van der Waals surface area (Å²) in [5, 5.41) is 0.778. The summed E-state index contributed by atoms with van der Waals surface area (Å²) in [4.78, 5) is 18.0. The molecule has 0 atom stereocenters. The number of ether oxygens (including phenoxy) is 2. The lowest BCUT2D eigenvalue weighted by atomic mass is 10.1. The number of nitrogens with zero attached hydrogens (tertiary/aromatic N) is 1. The summed E-state index contributed by atoms with van der Waals surface area (Å²) in [6, 6.07) is 0. The van der Waals surface area contributed by atoms with Gasteiger partial charge in [0, 0.05) is 10.9 Å². The van der Waals surface area contributed by atoms with Crippen LogP contribution in [-0.2, 0) is 4.74 Å². The van der Waals surface area contributed by atoms with Gasteiger partial charge >= 0.3 is 5.97 Å². The lowest BCUT2D eigenvalue weighted by molar-refractivity contribution is 0.00764. The number of thiophene rings is 1. The van der Waals surface area contributed by atoms with E-state index in [4.69, 9.17) is 15.2 Å². The minimum absolute atomic E-state index is 0.397. The Morgan fingerprint density at radius 2 is 1.95 bits per heavy atom. The highest BCUT2D eigenvalue weighted by Crippen LogP contribution is 2.40. The molecule has 2 aromatic rings. The van der Waals surface area contributed by atoms with Crippen LogP contribution in [0.1, 0.15) is 48.6 Å². The van der Waals surface area contributed by atoms with E-state index in [1.807, 2.05) is 41.5 Å². The van der Waals surface area contributed by atoms with E-state index in [1.54, 1.807) is 0 Å². The first-order valence-corrected chi connectivity index (χ1v) is 8.02. The molecule has 0 amide bonds. The minimum atomic E-state index is -0.561. The van der Waals surface area contributed by atoms with Gasteiger partial charge in [0.1, 0.15) is 21.1 Å². The van der Waals surface area contributed by atoms with E-state index >= 15 is 0 Å². The van der Waals surface area contributed by atoms with Crippen LogP contribution < -0.4 is 10.5 Å². The highest BCUT2D eigenvalue weighted by atomic mass is 32.1. The van der Waals surface area contributed by atoms with Crippen LogP contribution in [0.15, 0.2) is 0 Å². The zero-order chi connectivity index (χ0) is 16.7. The number of carbonyl (C=O) groups is 1. The van der Waals surface area contributed by atoms with Gasteiger partial charge in [-0.15, -0.1) is 11.3 Å². The lowest BCUT2D eigenvalue weighted by Crippen LogP contribution is -2.23. The van der Waals surface area contributed by atoms with Gasteiger partial charge in [0.05, 0.1) is 18.0 Å². The third-order valence-electron chi connectivity index (χ3n) is 3.11. The van der Waals surface area contributed by atoms with Crippen LogP contribution in [0.3, 0.4) is 0 Å². The largest absolute Gasteiger partial charge is 0.492 e. The Balaban J connectivity index is 2.59. The quantitative estimate of drug-likeness (QED) is 0.869. The third kappa shape index (κ3) is 3.02. The molecule has 120 valence electrons. The summed E-state index contributed by atoms with van der Waals surface area (Å²) in [5.41, 5.74) is 7.75. The molecule has 2 heterocycles. The van der Waals surface area contributed by atoms with E-state index in [1.165, 1.54) is 11.3 Å². The second-order valence-corrected chi connectivity index (χ2v) is 7.11. The smallest absolute Gasteiger partial charge is 0.351 e. The molecule has 0 aliphatic rings. The van der Waals surface area contributed by atoms with Crippen LogP contribution >= 0.6 is 11.3 Å². The molecule has 0 aromatic carbocycles. The van der Waals surface area contributed by atoms with Crippen molar-refractivity contribution in [2.24, 2.45) is 0 Å². The Labute approximate surface area is 134 Å². The van der Waals surface area contributed by atoms with Crippen molar-refractivity contribution in [2.75, 3.05) is 12.3 Å². The van der Waals surface area contributed by atoms with Crippen LogP contribution in [0.5, 0.6) is 5.75 Å². The topological polar surface area (TPSA) is 74.4 Å². The zero-order valence-corrected chi connectivity index (χ0v) is 14.7. The number of aryl methyl sites for hydroxylation is 2. The number of esters is 1. The maximum Gasteiger partial charge on any atom is 0.351 e. The third-order valence-corrected chi connectivity index (χ3v) is 4.19. The van der Waals surface area contributed by atoms with E-state index in [2.05, 4.69) is 4.98 Å². The normalized spacial score (nSPS) is 11.7. The van der Waals surface area contributed by atoms with Gasteiger partial charge in [0.15, 0.2) is 0 Å². The van der Waals surface area contributed by atoms with Gasteiger partial charge in [-0.25, -0.2) is 9.78 Å². The number of nitrogen functional groups attached to an aromatic ring is 1. The molecule has 6 heteroatoms. The first-order chi connectivity index (χ1) is 10.2. The SMILES string of the molecule is CCOc1c(C)nc2sc(C(=O)OC(C)(C)C)c(N)c2c1C. The summed E-state index contributed by atoms with van der Waals surface area (Å²) < 4.78 is 11.1. The summed E-state index contributed by atoms with van der Waals surface area (Å²) in [7, 11) is 0. The second-order valence-electron chi connectivity index (χ2n) is 6.11. The maximum atomic E-state index is 12.3. The summed E-state index contributed by atoms with van der Waals surface area (Å²) >= 11 is 1.26. The Bertz CT molecular complexity index is 729. The minimum Gasteiger partial charge on any atom is -0.492 e. The fourth-order valence-electron chi connectivity index (χ4n) is 2.29. The molecular weight excluding hydrogens is 300 g/mol. The molecule has 2 N–H and O–H groups in total. The van der Waals surface area contributed by atoms with Crippen molar-refractivity contribution >= 4 is 33.2 Å². The van der Waals surface area contributed by atoms with Crippen LogP contribution in [0.2, 0.25) is 0 Å². The average molecular weight is 322 g/mol. The van der Waals surface area contributed by atoms with Crippen molar-refractivity contribution in [1.82, 2.24) is 4.98 Å². The van der Waals surface area contributed by atoms with Crippen molar-refractivity contribution in [3.63, 3.8) is 0 Å². The number of fused-ring (bicyclic) bond motifs is 1. The van der Waals surface area contributed by atoms with E-state index in [-0.39, 0.29) is 0 Å². The Hall–Kier alpha value is -1.82. The van der Waals surface area contributed by atoms with Crippen LogP contribution in [0, 0.1) is 13.8 Å². The molecule has 0 bridgehead atoms. The number of pyridine rings is 1. The molecule has 2 rings (SSSR count). The monoisotopic (exact) mass is 322 g/mol. The van der Waals surface area contributed by atoms with Gasteiger partial charge < -0.3 is 15.2 Å². The molecule has 22 heavy (non-hydrogen) atoms. The Kier molecular flexibility index (Phi) is 4.33. The predicted molar refractivity (Wildman–Crippen MR) is 89.8 cm³/mol. The molecule has 5 nitrogen and oxygen atoms in total. The lowest BCUT2D eigenvalue weighted by Gasteiger charge is -2.18. The van der Waals surface area contributed by atoms with Gasteiger partial charge in [0.2, 0.25) is 0 Å². The van der Waals surface area contributed by atoms with Crippen molar-refractivity contribution in [3.8, 4) is 5.75 Å². The van der Waals surface area contributed by atoms with Crippen molar-refractivity contribution in [3.05, 3.63) is 16.1 Å². The van der Waals surface area contributed by atoms with E-state index in [9.17, 15) is 4.79 Å². The standard InChI is InChI=1S/C16H22N2O3S/c1-7-20-12-8(2)10-11(17)13(15(19)21-16(4,5)6)22-14(10)18-9(12)3/h7,17H2,1-6H3. The molecule has 0 saturated carbocycles.